The van der Waals surface area contributed by atoms with Crippen molar-refractivity contribution in [2.24, 2.45) is 0 Å². The molecule has 0 aliphatic carbocycles. The molecule has 0 atom stereocenters. The predicted molar refractivity (Wildman–Crippen MR) is 110 cm³/mol. The Morgan fingerprint density at radius 3 is 2.54 bits per heavy atom. The van der Waals surface area contributed by atoms with Gasteiger partial charge in [0.05, 0.1) is 18.4 Å². The largest absolute Gasteiger partial charge is 0.496 e. The third-order valence-electron chi connectivity index (χ3n) is 5.21. The Bertz CT molecular complexity index is 1010. The second-order valence-corrected chi connectivity index (χ2v) is 7.07. The molecule has 1 aliphatic rings. The van der Waals surface area contributed by atoms with Crippen LogP contribution < -0.4 is 10.1 Å². The number of fused-ring (bicyclic) bond motifs is 1. The Labute approximate surface area is 164 Å². The molecule has 1 amide bonds. The van der Waals surface area contributed by atoms with Gasteiger partial charge in [-0.15, -0.1) is 5.10 Å². The van der Waals surface area contributed by atoms with Crippen LogP contribution in [0, 0.1) is 6.92 Å². The van der Waals surface area contributed by atoms with Crippen LogP contribution in [0.4, 0.5) is 11.5 Å². The monoisotopic (exact) mass is 376 g/mol. The van der Waals surface area contributed by atoms with Crippen LogP contribution in [0.3, 0.4) is 0 Å². The van der Waals surface area contributed by atoms with E-state index in [2.05, 4.69) is 15.5 Å². The van der Waals surface area contributed by atoms with Gasteiger partial charge < -0.3 is 15.0 Å². The molecule has 0 unspecified atom stereocenters. The number of aromatic nitrogens is 2. The topological polar surface area (TPSA) is 67.3 Å². The first-order valence-corrected chi connectivity index (χ1v) is 9.64. The first-order chi connectivity index (χ1) is 13.7. The van der Waals surface area contributed by atoms with Crippen molar-refractivity contribution in [3.05, 3.63) is 53.7 Å². The van der Waals surface area contributed by atoms with Crippen molar-refractivity contribution in [1.29, 1.82) is 0 Å². The fourth-order valence-corrected chi connectivity index (χ4v) is 3.69. The fourth-order valence-electron chi connectivity index (χ4n) is 3.69. The molecule has 144 valence electrons. The molecule has 2 aromatic carbocycles. The molecule has 4 rings (SSSR count). The maximum Gasteiger partial charge on any atom is 0.257 e. The maximum absolute atomic E-state index is 13.0. The van der Waals surface area contributed by atoms with Gasteiger partial charge in [-0.1, -0.05) is 24.3 Å². The lowest BCUT2D eigenvalue weighted by Gasteiger charge is -2.27. The van der Waals surface area contributed by atoms with Gasteiger partial charge in [0, 0.05) is 29.5 Å². The average molecular weight is 376 g/mol. The lowest BCUT2D eigenvalue weighted by Crippen LogP contribution is -2.35. The summed E-state index contributed by atoms with van der Waals surface area (Å²) in [7, 11) is 1.59. The normalized spacial score (nSPS) is 14.1. The number of nitrogens with zero attached hydrogens (tertiary/aromatic N) is 3. The lowest BCUT2D eigenvalue weighted by molar-refractivity contribution is 0.0721. The van der Waals surface area contributed by atoms with E-state index >= 15 is 0 Å². The van der Waals surface area contributed by atoms with Gasteiger partial charge in [-0.3, -0.25) is 4.79 Å². The molecule has 2 heterocycles. The van der Waals surface area contributed by atoms with Crippen LogP contribution in [0.5, 0.6) is 5.75 Å². The molecule has 3 aromatic rings. The predicted octanol–water partition coefficient (Wildman–Crippen LogP) is 4.32. The van der Waals surface area contributed by atoms with Crippen LogP contribution in [0.2, 0.25) is 0 Å². The van der Waals surface area contributed by atoms with Gasteiger partial charge >= 0.3 is 0 Å². The van der Waals surface area contributed by atoms with Crippen LogP contribution in [-0.4, -0.2) is 41.2 Å². The van der Waals surface area contributed by atoms with Crippen LogP contribution in [-0.2, 0) is 0 Å². The number of rotatable bonds is 4. The number of methoxy groups -OCH3 is 1. The Kier molecular flexibility index (Phi) is 5.10. The van der Waals surface area contributed by atoms with E-state index in [0.717, 1.165) is 48.1 Å². The summed E-state index contributed by atoms with van der Waals surface area (Å²) in [5.74, 6) is 1.27. The van der Waals surface area contributed by atoms with Gasteiger partial charge in [-0.05, 0) is 44.4 Å². The smallest absolute Gasteiger partial charge is 0.257 e. The van der Waals surface area contributed by atoms with Gasteiger partial charge in [0.2, 0.25) is 0 Å². The van der Waals surface area contributed by atoms with E-state index in [9.17, 15) is 4.79 Å². The number of benzene rings is 2. The SMILES string of the molecule is COc1ccc(Nc2nnc(C)c3ccccc23)cc1C(=O)N1CCCCC1. The number of nitrogens with one attached hydrogen (secondary N) is 1. The van der Waals surface area contributed by atoms with E-state index in [0.29, 0.717) is 17.1 Å². The highest BCUT2D eigenvalue weighted by molar-refractivity contribution is 5.99. The Balaban J connectivity index is 1.68. The number of hydrogen-bond donors (Lipinski definition) is 1. The molecule has 1 aliphatic heterocycles. The van der Waals surface area contributed by atoms with Crippen molar-refractivity contribution in [2.75, 3.05) is 25.5 Å². The molecule has 0 saturated carbocycles. The molecular formula is C22H24N4O2. The first-order valence-electron chi connectivity index (χ1n) is 9.64. The molecule has 0 radical (unpaired) electrons. The Hall–Kier alpha value is -3.15. The van der Waals surface area contributed by atoms with Crippen molar-refractivity contribution in [1.82, 2.24) is 15.1 Å². The second-order valence-electron chi connectivity index (χ2n) is 7.07. The summed E-state index contributed by atoms with van der Waals surface area (Å²) in [6, 6.07) is 13.6. The van der Waals surface area contributed by atoms with Crippen LogP contribution in [0.25, 0.3) is 10.8 Å². The number of likely N-dealkylation sites (tertiary alicyclic amines) is 1. The third kappa shape index (κ3) is 3.50. The van der Waals surface area contributed by atoms with Crippen molar-refractivity contribution in [3.8, 4) is 5.75 Å². The summed E-state index contributed by atoms with van der Waals surface area (Å²) in [6.07, 6.45) is 3.29. The second kappa shape index (κ2) is 7.84. The van der Waals surface area contributed by atoms with Crippen molar-refractivity contribution in [3.63, 3.8) is 0 Å². The molecule has 28 heavy (non-hydrogen) atoms. The summed E-state index contributed by atoms with van der Waals surface area (Å²) < 4.78 is 5.45. The highest BCUT2D eigenvalue weighted by Crippen LogP contribution is 2.29. The number of amides is 1. The molecule has 6 heteroatoms. The van der Waals surface area contributed by atoms with E-state index in [4.69, 9.17) is 4.74 Å². The number of carbonyl (C=O) groups excluding carboxylic acids is 1. The molecule has 1 N–H and O–H groups in total. The van der Waals surface area contributed by atoms with Gasteiger partial charge in [0.1, 0.15) is 5.75 Å². The lowest BCUT2D eigenvalue weighted by atomic mass is 10.1. The van der Waals surface area contributed by atoms with Gasteiger partial charge in [-0.2, -0.15) is 5.10 Å². The van der Waals surface area contributed by atoms with Crippen LogP contribution >= 0.6 is 0 Å². The van der Waals surface area contributed by atoms with Crippen LogP contribution in [0.1, 0.15) is 35.3 Å². The first kappa shape index (κ1) is 18.2. The number of hydrogen-bond acceptors (Lipinski definition) is 5. The zero-order valence-electron chi connectivity index (χ0n) is 16.2. The summed E-state index contributed by atoms with van der Waals surface area (Å²) in [5.41, 5.74) is 2.24. The molecule has 1 fully saturated rings. The molecule has 6 nitrogen and oxygen atoms in total. The summed E-state index contributed by atoms with van der Waals surface area (Å²) in [5, 5.41) is 13.9. The van der Waals surface area contributed by atoms with E-state index < -0.39 is 0 Å². The molecular weight excluding hydrogens is 352 g/mol. The summed E-state index contributed by atoms with van der Waals surface area (Å²) >= 11 is 0. The number of ether oxygens (including phenoxy) is 1. The van der Waals surface area contributed by atoms with Crippen molar-refractivity contribution < 1.29 is 9.53 Å². The number of anilines is 2. The number of aryl methyl sites for hydroxylation is 1. The molecule has 1 aromatic heterocycles. The third-order valence-corrected chi connectivity index (χ3v) is 5.21. The van der Waals surface area contributed by atoms with E-state index in [1.54, 1.807) is 7.11 Å². The van der Waals surface area contributed by atoms with Gasteiger partial charge in [0.15, 0.2) is 5.82 Å². The minimum Gasteiger partial charge on any atom is -0.496 e. The molecule has 0 bridgehead atoms. The molecule has 0 spiro atoms. The number of carbonyl (C=O) groups is 1. The van der Waals surface area contributed by atoms with E-state index in [-0.39, 0.29) is 5.91 Å². The Morgan fingerprint density at radius 1 is 1.04 bits per heavy atom. The minimum absolute atomic E-state index is 0.0139. The standard InChI is InChI=1S/C22H24N4O2/c1-15-17-8-4-5-9-18(17)21(25-24-15)23-16-10-11-20(28-2)19(14-16)22(27)26-12-6-3-7-13-26/h4-5,8-11,14H,3,6-7,12-13H2,1-2H3,(H,23,25). The zero-order valence-corrected chi connectivity index (χ0v) is 16.2. The van der Waals surface area contributed by atoms with Crippen molar-refractivity contribution in [2.45, 2.75) is 26.2 Å². The quantitative estimate of drug-likeness (QED) is 0.735. The van der Waals surface area contributed by atoms with E-state index in [1.807, 2.05) is 54.3 Å². The van der Waals surface area contributed by atoms with Crippen LogP contribution in [0.15, 0.2) is 42.5 Å². The average Bonchev–Trinajstić information content (AvgIpc) is 2.76. The zero-order chi connectivity index (χ0) is 19.5. The number of piperidine rings is 1. The minimum atomic E-state index is 0.0139. The maximum atomic E-state index is 13.0. The summed E-state index contributed by atoms with van der Waals surface area (Å²) in [6.45, 7) is 3.54. The fraction of sp³-hybridized carbons (Fsp3) is 0.318. The van der Waals surface area contributed by atoms with Gasteiger partial charge in [0.25, 0.3) is 5.91 Å². The Morgan fingerprint density at radius 2 is 1.79 bits per heavy atom. The van der Waals surface area contributed by atoms with Gasteiger partial charge in [-0.25, -0.2) is 0 Å². The highest BCUT2D eigenvalue weighted by atomic mass is 16.5. The highest BCUT2D eigenvalue weighted by Gasteiger charge is 2.22. The molecule has 1 saturated heterocycles. The van der Waals surface area contributed by atoms with Crippen molar-refractivity contribution >= 4 is 28.2 Å². The summed E-state index contributed by atoms with van der Waals surface area (Å²) in [4.78, 5) is 14.9. The van der Waals surface area contributed by atoms with E-state index in [1.165, 1.54) is 6.42 Å².